The third-order valence-electron chi connectivity index (χ3n) is 3.68. The predicted molar refractivity (Wildman–Crippen MR) is 67.7 cm³/mol. The zero-order chi connectivity index (χ0) is 14.8. The number of nitrogens with zero attached hydrogens (tertiary/aromatic N) is 1. The summed E-state index contributed by atoms with van der Waals surface area (Å²) in [5, 5.41) is 2.68. The van der Waals surface area contributed by atoms with Gasteiger partial charge in [-0.3, -0.25) is 19.3 Å². The second kappa shape index (κ2) is 5.60. The first-order valence-corrected chi connectivity index (χ1v) is 6.80. The number of ketones is 1. The van der Waals surface area contributed by atoms with E-state index in [1.807, 2.05) is 0 Å². The molecule has 1 N–H and O–H groups in total. The number of nitrogens with one attached hydrogen (secondary N) is 1. The molecule has 2 aliphatic rings. The molecule has 7 nitrogen and oxygen atoms in total. The van der Waals surface area contributed by atoms with Gasteiger partial charge < -0.3 is 10.1 Å². The lowest BCUT2D eigenvalue weighted by Crippen LogP contribution is -2.44. The Morgan fingerprint density at radius 1 is 1.30 bits per heavy atom. The SMILES string of the molecule is CCOC(=O)CC(=O)CN1C(=O)NC2(CCCC2)C1=O. The summed E-state index contributed by atoms with van der Waals surface area (Å²) in [7, 11) is 0. The Morgan fingerprint density at radius 2 is 1.95 bits per heavy atom. The fourth-order valence-corrected chi connectivity index (χ4v) is 2.74. The van der Waals surface area contributed by atoms with E-state index in [4.69, 9.17) is 0 Å². The molecule has 110 valence electrons. The van der Waals surface area contributed by atoms with E-state index in [0.29, 0.717) is 12.8 Å². The van der Waals surface area contributed by atoms with Crippen molar-refractivity contribution in [3.05, 3.63) is 0 Å². The van der Waals surface area contributed by atoms with Gasteiger partial charge in [-0.25, -0.2) is 4.79 Å². The molecular formula is C13H18N2O5. The second-order valence-electron chi connectivity index (χ2n) is 5.13. The summed E-state index contributed by atoms with van der Waals surface area (Å²) in [5.74, 6) is -1.49. The first-order chi connectivity index (χ1) is 9.48. The van der Waals surface area contributed by atoms with Crippen LogP contribution in [0.4, 0.5) is 4.79 Å². The van der Waals surface area contributed by atoms with E-state index in [1.54, 1.807) is 6.92 Å². The summed E-state index contributed by atoms with van der Waals surface area (Å²) in [6.45, 7) is 1.47. The van der Waals surface area contributed by atoms with Crippen molar-refractivity contribution in [3.63, 3.8) is 0 Å². The van der Waals surface area contributed by atoms with Crippen LogP contribution in [0.15, 0.2) is 0 Å². The summed E-state index contributed by atoms with van der Waals surface area (Å²) in [5.41, 5.74) is -0.818. The minimum absolute atomic E-state index is 0.193. The van der Waals surface area contributed by atoms with Crippen LogP contribution in [0.2, 0.25) is 0 Å². The third kappa shape index (κ3) is 2.66. The molecule has 0 aromatic carbocycles. The number of carbonyl (C=O) groups is 4. The van der Waals surface area contributed by atoms with Crippen molar-refractivity contribution >= 4 is 23.7 Å². The maximum Gasteiger partial charge on any atom is 0.325 e. The molecule has 1 saturated carbocycles. The van der Waals surface area contributed by atoms with E-state index < -0.39 is 29.7 Å². The van der Waals surface area contributed by atoms with Gasteiger partial charge in [0.25, 0.3) is 5.91 Å². The van der Waals surface area contributed by atoms with Crippen LogP contribution < -0.4 is 5.32 Å². The molecule has 1 heterocycles. The van der Waals surface area contributed by atoms with Crippen LogP contribution in [0.5, 0.6) is 0 Å². The summed E-state index contributed by atoms with van der Waals surface area (Å²) in [6.07, 6.45) is 2.57. The van der Waals surface area contributed by atoms with E-state index in [9.17, 15) is 19.2 Å². The Balaban J connectivity index is 1.96. The Kier molecular flexibility index (Phi) is 4.06. The van der Waals surface area contributed by atoms with Crippen LogP contribution in [0.25, 0.3) is 0 Å². The zero-order valence-electron chi connectivity index (χ0n) is 11.4. The van der Waals surface area contributed by atoms with Crippen molar-refractivity contribution in [1.82, 2.24) is 10.2 Å². The van der Waals surface area contributed by atoms with Gasteiger partial charge >= 0.3 is 12.0 Å². The molecule has 1 aliphatic heterocycles. The molecule has 2 fully saturated rings. The Labute approximate surface area is 116 Å². The van der Waals surface area contributed by atoms with Crippen molar-refractivity contribution in [3.8, 4) is 0 Å². The highest BCUT2D eigenvalue weighted by molar-refractivity contribution is 6.10. The summed E-state index contributed by atoms with van der Waals surface area (Å²) in [4.78, 5) is 47.9. The van der Waals surface area contributed by atoms with E-state index in [2.05, 4.69) is 10.1 Å². The quantitative estimate of drug-likeness (QED) is 0.447. The molecule has 0 atom stereocenters. The van der Waals surface area contributed by atoms with Gasteiger partial charge in [0, 0.05) is 0 Å². The standard InChI is InChI=1S/C13H18N2O5/c1-2-20-10(17)7-9(16)8-15-11(18)13(14-12(15)19)5-3-4-6-13/h2-8H2,1H3,(H,14,19). The van der Waals surface area contributed by atoms with Gasteiger partial charge in [0.15, 0.2) is 5.78 Å². The van der Waals surface area contributed by atoms with Crippen LogP contribution in [0, 0.1) is 0 Å². The maximum atomic E-state index is 12.3. The van der Waals surface area contributed by atoms with Crippen LogP contribution >= 0.6 is 0 Å². The monoisotopic (exact) mass is 282 g/mol. The van der Waals surface area contributed by atoms with Gasteiger partial charge in [-0.2, -0.15) is 0 Å². The number of imide groups is 1. The van der Waals surface area contributed by atoms with Crippen molar-refractivity contribution in [2.45, 2.75) is 44.6 Å². The van der Waals surface area contributed by atoms with Gasteiger partial charge in [-0.05, 0) is 19.8 Å². The minimum Gasteiger partial charge on any atom is -0.466 e. The summed E-state index contributed by atoms with van der Waals surface area (Å²) >= 11 is 0. The maximum absolute atomic E-state index is 12.3. The van der Waals surface area contributed by atoms with Crippen molar-refractivity contribution in [2.24, 2.45) is 0 Å². The largest absolute Gasteiger partial charge is 0.466 e. The molecule has 0 radical (unpaired) electrons. The average Bonchev–Trinajstić information content (AvgIpc) is 2.92. The second-order valence-corrected chi connectivity index (χ2v) is 5.13. The minimum atomic E-state index is -0.818. The number of ether oxygens (including phenoxy) is 1. The zero-order valence-corrected chi connectivity index (χ0v) is 11.4. The number of urea groups is 1. The van der Waals surface area contributed by atoms with E-state index in [0.717, 1.165) is 17.7 Å². The van der Waals surface area contributed by atoms with Gasteiger partial charge in [0.05, 0.1) is 13.2 Å². The number of hydrogen-bond acceptors (Lipinski definition) is 5. The lowest BCUT2D eigenvalue weighted by atomic mass is 9.98. The molecule has 0 unspecified atom stereocenters. The van der Waals surface area contributed by atoms with Gasteiger partial charge in [-0.1, -0.05) is 12.8 Å². The number of Topliss-reactive ketones (excluding diaryl/α,β-unsaturated/α-hetero) is 1. The normalized spacial score (nSPS) is 20.4. The van der Waals surface area contributed by atoms with Gasteiger partial charge in [0.2, 0.25) is 0 Å². The Bertz CT molecular complexity index is 454. The van der Waals surface area contributed by atoms with Crippen molar-refractivity contribution in [2.75, 3.05) is 13.2 Å². The lowest BCUT2D eigenvalue weighted by Gasteiger charge is -2.19. The Hall–Kier alpha value is -1.92. The molecule has 1 aliphatic carbocycles. The molecule has 0 aromatic heterocycles. The summed E-state index contributed by atoms with van der Waals surface area (Å²) < 4.78 is 4.66. The number of hydrogen-bond donors (Lipinski definition) is 1. The molecular weight excluding hydrogens is 264 g/mol. The first kappa shape index (κ1) is 14.5. The van der Waals surface area contributed by atoms with Crippen molar-refractivity contribution < 1.29 is 23.9 Å². The highest BCUT2D eigenvalue weighted by Crippen LogP contribution is 2.34. The van der Waals surface area contributed by atoms with Crippen LogP contribution in [0.1, 0.15) is 39.0 Å². The fourth-order valence-electron chi connectivity index (χ4n) is 2.74. The highest BCUT2D eigenvalue weighted by atomic mass is 16.5. The third-order valence-corrected chi connectivity index (χ3v) is 3.68. The van der Waals surface area contributed by atoms with Crippen LogP contribution in [-0.4, -0.2) is 47.3 Å². The van der Waals surface area contributed by atoms with Crippen LogP contribution in [-0.2, 0) is 19.1 Å². The molecule has 2 rings (SSSR count). The van der Waals surface area contributed by atoms with E-state index >= 15 is 0 Å². The molecule has 1 spiro atoms. The smallest absolute Gasteiger partial charge is 0.325 e. The topological polar surface area (TPSA) is 92.8 Å². The molecule has 3 amide bonds. The molecule has 7 heteroatoms. The fraction of sp³-hybridized carbons (Fsp3) is 0.692. The summed E-state index contributed by atoms with van der Waals surface area (Å²) in [6, 6.07) is -0.547. The molecule has 20 heavy (non-hydrogen) atoms. The predicted octanol–water partition coefficient (Wildman–Crippen LogP) is 0.373. The number of rotatable bonds is 5. The molecule has 1 saturated heterocycles. The average molecular weight is 282 g/mol. The van der Waals surface area contributed by atoms with E-state index in [-0.39, 0.29) is 19.1 Å². The highest BCUT2D eigenvalue weighted by Gasteiger charge is 2.52. The van der Waals surface area contributed by atoms with Gasteiger partial charge in [0.1, 0.15) is 12.0 Å². The molecule has 0 bridgehead atoms. The lowest BCUT2D eigenvalue weighted by molar-refractivity contribution is -0.146. The Morgan fingerprint density at radius 3 is 2.55 bits per heavy atom. The van der Waals surface area contributed by atoms with Gasteiger partial charge in [-0.15, -0.1) is 0 Å². The first-order valence-electron chi connectivity index (χ1n) is 6.80. The molecule has 0 aromatic rings. The number of carbonyl (C=O) groups excluding carboxylic acids is 4. The van der Waals surface area contributed by atoms with Crippen LogP contribution in [0.3, 0.4) is 0 Å². The van der Waals surface area contributed by atoms with E-state index in [1.165, 1.54) is 0 Å². The number of amides is 3. The van der Waals surface area contributed by atoms with Crippen molar-refractivity contribution in [1.29, 1.82) is 0 Å². The number of esters is 1.